The van der Waals surface area contributed by atoms with Crippen molar-refractivity contribution in [1.29, 1.82) is 0 Å². The molecule has 1 heterocycles. The molecule has 0 saturated carbocycles. The number of nitro groups is 1. The van der Waals surface area contributed by atoms with Crippen LogP contribution in [0.1, 0.15) is 5.56 Å². The average Bonchev–Trinajstić information content (AvgIpc) is 2.37. The maximum Gasteiger partial charge on any atom is 0.310 e. The molecule has 0 amide bonds. The van der Waals surface area contributed by atoms with Crippen LogP contribution in [0.4, 0.5) is 20.2 Å². The van der Waals surface area contributed by atoms with E-state index in [9.17, 15) is 18.9 Å². The number of aromatic nitrogens is 1. The fourth-order valence-electron chi connectivity index (χ4n) is 1.67. The fourth-order valence-corrected chi connectivity index (χ4v) is 1.67. The molecule has 0 fully saturated rings. The van der Waals surface area contributed by atoms with E-state index in [1.165, 1.54) is 19.1 Å². The van der Waals surface area contributed by atoms with Crippen molar-refractivity contribution < 1.29 is 13.7 Å². The van der Waals surface area contributed by atoms with Crippen LogP contribution in [0.2, 0.25) is 0 Å². The summed E-state index contributed by atoms with van der Waals surface area (Å²) in [7, 11) is 0. The van der Waals surface area contributed by atoms with E-state index in [-0.39, 0.29) is 22.4 Å². The van der Waals surface area contributed by atoms with Gasteiger partial charge >= 0.3 is 5.69 Å². The molecule has 19 heavy (non-hydrogen) atoms. The summed E-state index contributed by atoms with van der Waals surface area (Å²) < 4.78 is 27.3. The first-order chi connectivity index (χ1) is 8.93. The molecule has 2 N–H and O–H groups in total. The molecule has 0 unspecified atom stereocenters. The van der Waals surface area contributed by atoms with E-state index in [1.807, 2.05) is 0 Å². The van der Waals surface area contributed by atoms with Gasteiger partial charge in [-0.15, -0.1) is 0 Å². The summed E-state index contributed by atoms with van der Waals surface area (Å²) in [5.74, 6) is -2.11. The average molecular weight is 265 g/mol. The number of pyridine rings is 1. The van der Waals surface area contributed by atoms with Gasteiger partial charge < -0.3 is 5.73 Å². The highest BCUT2D eigenvalue weighted by Gasteiger charge is 2.20. The second kappa shape index (κ2) is 4.60. The van der Waals surface area contributed by atoms with Crippen molar-refractivity contribution in [3.63, 3.8) is 0 Å². The summed E-state index contributed by atoms with van der Waals surface area (Å²) in [6, 6.07) is 2.68. The molecule has 2 aromatic rings. The molecule has 0 aliphatic carbocycles. The van der Waals surface area contributed by atoms with Gasteiger partial charge in [0.25, 0.3) is 0 Å². The van der Waals surface area contributed by atoms with E-state index in [4.69, 9.17) is 5.73 Å². The van der Waals surface area contributed by atoms with Crippen molar-refractivity contribution in [3.05, 3.63) is 51.8 Å². The lowest BCUT2D eigenvalue weighted by molar-refractivity contribution is -0.384. The standard InChI is InChI=1S/C12H9F2N3O2/c1-6-2-3-7(11(14)10(6)13)8-4-16-5-9(12(8)15)17(18)19/h2-5H,1H3,(H2,15,16). The van der Waals surface area contributed by atoms with Gasteiger partial charge in [0.05, 0.1) is 4.92 Å². The van der Waals surface area contributed by atoms with Crippen LogP contribution in [-0.4, -0.2) is 9.91 Å². The number of rotatable bonds is 2. The van der Waals surface area contributed by atoms with Gasteiger partial charge in [0, 0.05) is 17.3 Å². The van der Waals surface area contributed by atoms with Gasteiger partial charge in [-0.25, -0.2) is 8.78 Å². The summed E-state index contributed by atoms with van der Waals surface area (Å²) in [4.78, 5) is 13.6. The van der Waals surface area contributed by atoms with Crippen molar-refractivity contribution in [2.75, 3.05) is 5.73 Å². The Morgan fingerprint density at radius 3 is 2.53 bits per heavy atom. The van der Waals surface area contributed by atoms with Crippen molar-refractivity contribution in [2.45, 2.75) is 6.92 Å². The fraction of sp³-hybridized carbons (Fsp3) is 0.0833. The smallest absolute Gasteiger partial charge is 0.310 e. The van der Waals surface area contributed by atoms with E-state index in [1.54, 1.807) is 0 Å². The number of nitrogens with two attached hydrogens (primary N) is 1. The van der Waals surface area contributed by atoms with Gasteiger partial charge in [0.2, 0.25) is 0 Å². The van der Waals surface area contributed by atoms with E-state index < -0.39 is 22.2 Å². The summed E-state index contributed by atoms with van der Waals surface area (Å²) in [6.45, 7) is 1.41. The predicted octanol–water partition coefficient (Wildman–Crippen LogP) is 2.83. The SMILES string of the molecule is Cc1ccc(-c2cncc([N+](=O)[O-])c2N)c(F)c1F. The first-order valence-corrected chi connectivity index (χ1v) is 5.26. The number of halogens is 2. The quantitative estimate of drug-likeness (QED) is 0.668. The van der Waals surface area contributed by atoms with Crippen molar-refractivity contribution in [3.8, 4) is 11.1 Å². The van der Waals surface area contributed by atoms with Crippen LogP contribution >= 0.6 is 0 Å². The third-order valence-corrected chi connectivity index (χ3v) is 2.73. The van der Waals surface area contributed by atoms with E-state index in [0.717, 1.165) is 12.4 Å². The Morgan fingerprint density at radius 2 is 1.89 bits per heavy atom. The minimum atomic E-state index is -1.10. The minimum Gasteiger partial charge on any atom is -0.393 e. The molecule has 0 saturated heterocycles. The number of aryl methyl sites for hydroxylation is 1. The topological polar surface area (TPSA) is 82.0 Å². The van der Waals surface area contributed by atoms with Crippen LogP contribution in [0.25, 0.3) is 11.1 Å². The molecule has 0 spiro atoms. The second-order valence-corrected chi connectivity index (χ2v) is 3.93. The summed E-state index contributed by atoms with van der Waals surface area (Å²) in [6.07, 6.45) is 2.12. The molecule has 0 bridgehead atoms. The lowest BCUT2D eigenvalue weighted by Gasteiger charge is -2.08. The highest BCUT2D eigenvalue weighted by molar-refractivity contribution is 5.81. The number of anilines is 1. The van der Waals surface area contributed by atoms with Crippen molar-refractivity contribution in [2.24, 2.45) is 0 Å². The molecule has 0 radical (unpaired) electrons. The Labute approximate surface area is 106 Å². The summed E-state index contributed by atoms with van der Waals surface area (Å²) in [5.41, 5.74) is 4.88. The van der Waals surface area contributed by atoms with Crippen LogP contribution in [-0.2, 0) is 0 Å². The lowest BCUT2D eigenvalue weighted by atomic mass is 10.0. The van der Waals surface area contributed by atoms with E-state index >= 15 is 0 Å². The van der Waals surface area contributed by atoms with Gasteiger partial charge in [-0.2, -0.15) is 0 Å². The zero-order chi connectivity index (χ0) is 14.2. The minimum absolute atomic E-state index is 0.00870. The highest BCUT2D eigenvalue weighted by Crippen LogP contribution is 2.34. The normalized spacial score (nSPS) is 10.5. The molecule has 2 rings (SSSR count). The molecular formula is C12H9F2N3O2. The molecule has 1 aromatic heterocycles. The molecule has 7 heteroatoms. The molecule has 5 nitrogen and oxygen atoms in total. The number of benzene rings is 1. The maximum absolute atomic E-state index is 13.8. The summed E-state index contributed by atoms with van der Waals surface area (Å²) in [5, 5.41) is 10.7. The van der Waals surface area contributed by atoms with Crippen LogP contribution in [0.15, 0.2) is 24.5 Å². The van der Waals surface area contributed by atoms with Gasteiger partial charge in [0.15, 0.2) is 11.6 Å². The molecule has 98 valence electrons. The Hall–Kier alpha value is -2.57. The molecule has 0 aliphatic rings. The third kappa shape index (κ3) is 2.10. The Bertz CT molecular complexity index is 674. The van der Waals surface area contributed by atoms with Crippen molar-refractivity contribution in [1.82, 2.24) is 4.98 Å². The highest BCUT2D eigenvalue weighted by atomic mass is 19.2. The molecular weight excluding hydrogens is 256 g/mol. The second-order valence-electron chi connectivity index (χ2n) is 3.93. The number of hydrogen-bond donors (Lipinski definition) is 1. The Kier molecular flexibility index (Phi) is 3.12. The van der Waals surface area contributed by atoms with E-state index in [2.05, 4.69) is 4.98 Å². The monoisotopic (exact) mass is 265 g/mol. The van der Waals surface area contributed by atoms with Gasteiger partial charge in [-0.05, 0) is 12.5 Å². The predicted molar refractivity (Wildman–Crippen MR) is 65.4 cm³/mol. The first kappa shape index (κ1) is 12.9. The first-order valence-electron chi connectivity index (χ1n) is 5.26. The third-order valence-electron chi connectivity index (χ3n) is 2.73. The maximum atomic E-state index is 13.8. The molecule has 0 atom stereocenters. The Morgan fingerprint density at radius 1 is 1.21 bits per heavy atom. The largest absolute Gasteiger partial charge is 0.393 e. The zero-order valence-corrected chi connectivity index (χ0v) is 9.85. The Balaban J connectivity index is 2.70. The lowest BCUT2D eigenvalue weighted by Crippen LogP contribution is -2.01. The van der Waals surface area contributed by atoms with Gasteiger partial charge in [0.1, 0.15) is 11.9 Å². The van der Waals surface area contributed by atoms with Crippen LogP contribution < -0.4 is 5.73 Å². The molecule has 0 aliphatic heterocycles. The zero-order valence-electron chi connectivity index (χ0n) is 9.85. The van der Waals surface area contributed by atoms with Crippen molar-refractivity contribution >= 4 is 11.4 Å². The van der Waals surface area contributed by atoms with Crippen LogP contribution in [0.5, 0.6) is 0 Å². The number of hydrogen-bond acceptors (Lipinski definition) is 4. The number of nitrogens with zero attached hydrogens (tertiary/aromatic N) is 2. The van der Waals surface area contributed by atoms with Crippen LogP contribution in [0, 0.1) is 28.7 Å². The van der Waals surface area contributed by atoms with Crippen LogP contribution in [0.3, 0.4) is 0 Å². The van der Waals surface area contributed by atoms with E-state index in [0.29, 0.717) is 0 Å². The van der Waals surface area contributed by atoms with Gasteiger partial charge in [-0.1, -0.05) is 12.1 Å². The van der Waals surface area contributed by atoms with Gasteiger partial charge in [-0.3, -0.25) is 15.1 Å². The number of nitrogen functional groups attached to an aromatic ring is 1. The summed E-state index contributed by atoms with van der Waals surface area (Å²) >= 11 is 0. The molecule has 1 aromatic carbocycles.